The van der Waals surface area contributed by atoms with Gasteiger partial charge in [-0.25, -0.2) is 4.58 Å². The van der Waals surface area contributed by atoms with Crippen molar-refractivity contribution in [1.29, 1.82) is 0 Å². The van der Waals surface area contributed by atoms with Gasteiger partial charge >= 0.3 is 5.97 Å². The lowest BCUT2D eigenvalue weighted by Gasteiger charge is -2.14. The topological polar surface area (TPSA) is 38.5 Å². The van der Waals surface area contributed by atoms with Gasteiger partial charge in [0.15, 0.2) is 13.1 Å². The van der Waals surface area contributed by atoms with Crippen LogP contribution in [0.4, 0.5) is 0 Å². The van der Waals surface area contributed by atoms with Crippen LogP contribution in [0.15, 0.2) is 30.3 Å². The quantitative estimate of drug-likeness (QED) is 0.480. The molecular weight excluding hydrogens is 274 g/mol. The Morgan fingerprint density at radius 1 is 1.30 bits per heavy atom. The first kappa shape index (κ1) is 15.1. The van der Waals surface area contributed by atoms with E-state index in [2.05, 4.69) is 16.7 Å². The maximum Gasteiger partial charge on any atom is 0.316 e. The Bertz CT molecular complexity index is 465. The molecule has 108 valence electrons. The molecule has 1 aliphatic heterocycles. The maximum atomic E-state index is 11.4. The van der Waals surface area contributed by atoms with Gasteiger partial charge in [0, 0.05) is 0 Å². The Morgan fingerprint density at radius 3 is 2.65 bits per heavy atom. The zero-order valence-corrected chi connectivity index (χ0v) is 12.5. The van der Waals surface area contributed by atoms with E-state index in [-0.39, 0.29) is 5.97 Å². The van der Waals surface area contributed by atoms with Gasteiger partial charge in [0.2, 0.25) is 5.04 Å². The average molecular weight is 294 g/mol. The highest BCUT2D eigenvalue weighted by atomic mass is 32.2. The molecule has 1 aromatic rings. The minimum absolute atomic E-state index is 0.186. The molecule has 1 fully saturated rings. The Hall–Kier alpha value is -1.33. The fraction of sp³-hybridized carbons (Fsp3) is 0.467. The number of morpholine rings is 1. The van der Waals surface area contributed by atoms with Gasteiger partial charge in [-0.15, -0.1) is 0 Å². The van der Waals surface area contributed by atoms with E-state index >= 15 is 0 Å². The number of nitrogens with zero attached hydrogens (tertiary/aromatic N) is 1. The van der Waals surface area contributed by atoms with Crippen molar-refractivity contribution >= 4 is 22.8 Å². The molecule has 4 nitrogen and oxygen atoms in total. The van der Waals surface area contributed by atoms with E-state index in [1.54, 1.807) is 11.8 Å². The summed E-state index contributed by atoms with van der Waals surface area (Å²) in [4.78, 5) is 11.4. The molecular formula is C15H20NO3S+. The predicted molar refractivity (Wildman–Crippen MR) is 80.4 cm³/mol. The first-order chi connectivity index (χ1) is 9.79. The van der Waals surface area contributed by atoms with Gasteiger partial charge in [-0.2, -0.15) is 0 Å². The van der Waals surface area contributed by atoms with Crippen LogP contribution in [0.25, 0.3) is 0 Å². The van der Waals surface area contributed by atoms with Crippen LogP contribution >= 0.6 is 11.8 Å². The van der Waals surface area contributed by atoms with Gasteiger partial charge in [-0.05, 0) is 5.56 Å². The van der Waals surface area contributed by atoms with Crippen molar-refractivity contribution in [3.05, 3.63) is 35.9 Å². The van der Waals surface area contributed by atoms with Crippen molar-refractivity contribution in [1.82, 2.24) is 0 Å². The Morgan fingerprint density at radius 2 is 2.00 bits per heavy atom. The molecule has 5 heteroatoms. The average Bonchev–Trinajstić information content (AvgIpc) is 2.53. The van der Waals surface area contributed by atoms with Crippen molar-refractivity contribution in [3.63, 3.8) is 0 Å². The number of rotatable bonds is 4. The van der Waals surface area contributed by atoms with Crippen molar-refractivity contribution in [3.8, 4) is 0 Å². The maximum absolute atomic E-state index is 11.4. The molecule has 0 spiro atoms. The van der Waals surface area contributed by atoms with E-state index in [0.717, 1.165) is 32.7 Å². The number of esters is 1. The molecule has 1 heterocycles. The molecule has 0 radical (unpaired) electrons. The predicted octanol–water partition coefficient (Wildman–Crippen LogP) is 1.58. The van der Waals surface area contributed by atoms with Crippen molar-refractivity contribution in [2.75, 3.05) is 39.2 Å². The molecule has 0 aliphatic carbocycles. The Labute approximate surface area is 123 Å². The second-order valence-electron chi connectivity index (χ2n) is 4.52. The molecule has 0 N–H and O–H groups in total. The van der Waals surface area contributed by atoms with E-state index in [1.807, 2.05) is 18.2 Å². The highest BCUT2D eigenvalue weighted by molar-refractivity contribution is 8.14. The number of methoxy groups -OCH3 is 1. The molecule has 0 saturated carbocycles. The minimum atomic E-state index is -0.186. The summed E-state index contributed by atoms with van der Waals surface area (Å²) in [5.74, 6) is 0.171. The monoisotopic (exact) mass is 294 g/mol. The fourth-order valence-corrected chi connectivity index (χ4v) is 3.07. The van der Waals surface area contributed by atoms with E-state index in [9.17, 15) is 4.79 Å². The number of hydrogen-bond acceptors (Lipinski definition) is 4. The largest absolute Gasteiger partial charge is 0.468 e. The number of benzene rings is 1. The SMILES string of the molecule is COC(=O)CSC(Cc1ccccc1)=[N+]1CCOCC1. The number of ether oxygens (including phenoxy) is 2. The summed E-state index contributed by atoms with van der Waals surface area (Å²) in [6.07, 6.45) is 0.850. The van der Waals surface area contributed by atoms with E-state index in [0.29, 0.717) is 5.75 Å². The molecule has 20 heavy (non-hydrogen) atoms. The van der Waals surface area contributed by atoms with Gasteiger partial charge in [0.25, 0.3) is 0 Å². The third kappa shape index (κ3) is 4.65. The molecule has 1 aromatic carbocycles. The van der Waals surface area contributed by atoms with Gasteiger partial charge in [0.1, 0.15) is 19.0 Å². The van der Waals surface area contributed by atoms with Crippen LogP contribution in [-0.4, -0.2) is 54.8 Å². The van der Waals surface area contributed by atoms with Crippen molar-refractivity contribution < 1.29 is 18.8 Å². The molecule has 0 atom stereocenters. The smallest absolute Gasteiger partial charge is 0.316 e. The normalized spacial score (nSPS) is 14.9. The lowest BCUT2D eigenvalue weighted by molar-refractivity contribution is -0.547. The molecule has 0 aromatic heterocycles. The zero-order chi connectivity index (χ0) is 14.2. The van der Waals surface area contributed by atoms with Crippen LogP contribution in [-0.2, 0) is 20.7 Å². The fourth-order valence-electron chi connectivity index (χ4n) is 2.04. The molecule has 2 rings (SSSR count). The lowest BCUT2D eigenvalue weighted by atomic mass is 10.2. The van der Waals surface area contributed by atoms with Gasteiger partial charge in [-0.3, -0.25) is 4.79 Å². The summed E-state index contributed by atoms with van der Waals surface area (Å²) < 4.78 is 12.4. The minimum Gasteiger partial charge on any atom is -0.468 e. The number of hydrogen-bond donors (Lipinski definition) is 0. The molecule has 1 saturated heterocycles. The summed E-state index contributed by atoms with van der Waals surface area (Å²) in [5, 5.41) is 1.21. The van der Waals surface area contributed by atoms with E-state index in [1.165, 1.54) is 17.7 Å². The standard InChI is InChI=1S/C15H20NO3S/c1-18-15(17)12-20-14(16-7-9-19-10-8-16)11-13-5-3-2-4-6-13/h2-6H,7-12H2,1H3/q+1. The van der Waals surface area contributed by atoms with Crippen LogP contribution in [0.2, 0.25) is 0 Å². The molecule has 0 bridgehead atoms. The highest BCUT2D eigenvalue weighted by Gasteiger charge is 2.20. The third-order valence-corrected chi connectivity index (χ3v) is 4.26. The number of carbonyl (C=O) groups is 1. The summed E-state index contributed by atoms with van der Waals surface area (Å²) in [7, 11) is 1.43. The van der Waals surface area contributed by atoms with Crippen LogP contribution in [0.3, 0.4) is 0 Å². The van der Waals surface area contributed by atoms with Gasteiger partial charge in [-0.1, -0.05) is 42.1 Å². The second-order valence-corrected chi connectivity index (χ2v) is 5.57. The number of thioether (sulfide) groups is 1. The van der Waals surface area contributed by atoms with Crippen LogP contribution in [0.5, 0.6) is 0 Å². The second kappa shape index (κ2) is 8.07. The first-order valence-electron chi connectivity index (χ1n) is 6.71. The highest BCUT2D eigenvalue weighted by Crippen LogP contribution is 2.12. The van der Waals surface area contributed by atoms with Crippen molar-refractivity contribution in [2.24, 2.45) is 0 Å². The summed E-state index contributed by atoms with van der Waals surface area (Å²) in [6, 6.07) is 10.3. The van der Waals surface area contributed by atoms with Gasteiger partial charge < -0.3 is 9.47 Å². The van der Waals surface area contributed by atoms with Gasteiger partial charge in [0.05, 0.1) is 13.5 Å². The molecule has 0 amide bonds. The van der Waals surface area contributed by atoms with Crippen LogP contribution in [0.1, 0.15) is 5.56 Å². The Kier molecular flexibility index (Phi) is 6.08. The summed E-state index contributed by atoms with van der Waals surface area (Å²) in [6.45, 7) is 3.26. The molecule has 1 aliphatic rings. The van der Waals surface area contributed by atoms with E-state index in [4.69, 9.17) is 9.47 Å². The Balaban J connectivity index is 2.09. The van der Waals surface area contributed by atoms with Crippen LogP contribution < -0.4 is 0 Å². The van der Waals surface area contributed by atoms with E-state index < -0.39 is 0 Å². The number of carbonyl (C=O) groups excluding carboxylic acids is 1. The first-order valence-corrected chi connectivity index (χ1v) is 7.70. The molecule has 0 unspecified atom stereocenters. The zero-order valence-electron chi connectivity index (χ0n) is 11.7. The summed E-state index contributed by atoms with van der Waals surface area (Å²) in [5.41, 5.74) is 1.26. The lowest BCUT2D eigenvalue weighted by Crippen LogP contribution is -2.33. The van der Waals surface area contributed by atoms with Crippen molar-refractivity contribution in [2.45, 2.75) is 6.42 Å². The summed E-state index contributed by atoms with van der Waals surface area (Å²) >= 11 is 1.57. The third-order valence-electron chi connectivity index (χ3n) is 3.15. The van der Waals surface area contributed by atoms with Crippen LogP contribution in [0, 0.1) is 0 Å².